The number of amides is 1. The Kier molecular flexibility index (Phi) is 4.91. The third-order valence-electron chi connectivity index (χ3n) is 6.19. The summed E-state index contributed by atoms with van der Waals surface area (Å²) in [5.41, 5.74) is 3.60. The van der Waals surface area contributed by atoms with Gasteiger partial charge >= 0.3 is 0 Å². The zero-order chi connectivity index (χ0) is 20.6. The molecule has 30 heavy (non-hydrogen) atoms. The van der Waals surface area contributed by atoms with Crippen LogP contribution in [0.4, 0.5) is 0 Å². The van der Waals surface area contributed by atoms with E-state index < -0.39 is 5.41 Å². The first-order valence-electron chi connectivity index (χ1n) is 10.2. The Hall–Kier alpha value is -2.92. The fourth-order valence-electron chi connectivity index (χ4n) is 4.36. The van der Waals surface area contributed by atoms with Crippen molar-refractivity contribution in [1.82, 2.24) is 15.3 Å². The van der Waals surface area contributed by atoms with Crippen LogP contribution in [0, 0.1) is 0 Å². The number of hydrogen-bond donors (Lipinski definition) is 1. The molecular weight excluding hydrogens is 398 g/mol. The Labute approximate surface area is 180 Å². The molecule has 152 valence electrons. The third-order valence-corrected chi connectivity index (χ3v) is 6.44. The lowest BCUT2D eigenvalue weighted by Gasteiger charge is -2.41. The van der Waals surface area contributed by atoms with Crippen LogP contribution in [-0.2, 0) is 16.6 Å². The summed E-state index contributed by atoms with van der Waals surface area (Å²) in [4.78, 5) is 21.6. The van der Waals surface area contributed by atoms with E-state index in [1.54, 1.807) is 18.6 Å². The predicted molar refractivity (Wildman–Crippen MR) is 116 cm³/mol. The molecule has 0 bridgehead atoms. The fourth-order valence-corrected chi connectivity index (χ4v) is 4.49. The quantitative estimate of drug-likeness (QED) is 0.668. The van der Waals surface area contributed by atoms with Gasteiger partial charge in [0.25, 0.3) is 0 Å². The maximum absolute atomic E-state index is 13.1. The summed E-state index contributed by atoms with van der Waals surface area (Å²) in [5.74, 6) is 0.953. The van der Waals surface area contributed by atoms with Gasteiger partial charge in [0.05, 0.1) is 23.9 Å². The number of ether oxygens (including phenoxy) is 1. The van der Waals surface area contributed by atoms with E-state index in [2.05, 4.69) is 21.4 Å². The molecule has 1 saturated carbocycles. The third kappa shape index (κ3) is 3.43. The monoisotopic (exact) mass is 419 g/mol. The molecule has 0 spiro atoms. The Bertz CT molecular complexity index is 1070. The highest BCUT2D eigenvalue weighted by atomic mass is 35.5. The maximum Gasteiger partial charge on any atom is 0.230 e. The minimum Gasteiger partial charge on any atom is -0.488 e. The molecule has 0 radical (unpaired) electrons. The number of benzene rings is 2. The van der Waals surface area contributed by atoms with E-state index in [0.29, 0.717) is 11.6 Å². The molecule has 2 aliphatic rings. The van der Waals surface area contributed by atoms with Crippen molar-refractivity contribution in [3.05, 3.63) is 77.2 Å². The molecule has 0 unspecified atom stereocenters. The van der Waals surface area contributed by atoms with Gasteiger partial charge in [-0.15, -0.1) is 0 Å². The summed E-state index contributed by atoms with van der Waals surface area (Å²) in [6, 6.07) is 13.7. The zero-order valence-electron chi connectivity index (χ0n) is 16.5. The van der Waals surface area contributed by atoms with Crippen LogP contribution in [0.2, 0.25) is 5.02 Å². The average Bonchev–Trinajstić information content (AvgIpc) is 3.15. The second-order valence-electron chi connectivity index (χ2n) is 8.01. The molecule has 5 rings (SSSR count). The van der Waals surface area contributed by atoms with E-state index in [1.807, 2.05) is 36.4 Å². The highest BCUT2D eigenvalue weighted by molar-refractivity contribution is 6.30. The van der Waals surface area contributed by atoms with Crippen molar-refractivity contribution in [2.45, 2.75) is 37.2 Å². The lowest BCUT2D eigenvalue weighted by molar-refractivity contribution is -0.130. The summed E-state index contributed by atoms with van der Waals surface area (Å²) in [5, 5.41) is 3.83. The summed E-state index contributed by atoms with van der Waals surface area (Å²) >= 11 is 6.02. The van der Waals surface area contributed by atoms with Crippen LogP contribution in [0.5, 0.6) is 5.75 Å². The molecule has 1 aliphatic carbocycles. The Morgan fingerprint density at radius 1 is 1.17 bits per heavy atom. The molecule has 1 fully saturated rings. The lowest BCUT2D eigenvalue weighted by Crippen LogP contribution is -2.51. The molecule has 1 N–H and O–H groups in total. The summed E-state index contributed by atoms with van der Waals surface area (Å²) in [7, 11) is 0. The number of hydrogen-bond acceptors (Lipinski definition) is 4. The van der Waals surface area contributed by atoms with Gasteiger partial charge in [0.1, 0.15) is 11.9 Å². The normalized spacial score (nSPS) is 18.8. The van der Waals surface area contributed by atoms with Gasteiger partial charge in [0.2, 0.25) is 5.91 Å². The molecule has 1 aliphatic heterocycles. The van der Waals surface area contributed by atoms with Gasteiger partial charge in [0, 0.05) is 29.4 Å². The van der Waals surface area contributed by atoms with Crippen molar-refractivity contribution >= 4 is 17.5 Å². The summed E-state index contributed by atoms with van der Waals surface area (Å²) in [6.07, 6.45) is 8.60. The standard InChI is InChI=1S/C24H22ClN3O2/c25-19-5-3-18(4-6-19)24(8-1-9-24)23(29)28-14-20-13-17-12-16(2-7-22(17)30-20)21-15-26-10-11-27-21/h2-7,10-12,15,20H,1,8-9,13-14H2,(H,28,29)/t20-/m1/s1. The second kappa shape index (κ2) is 7.73. The minimum atomic E-state index is -0.435. The number of aromatic nitrogens is 2. The summed E-state index contributed by atoms with van der Waals surface area (Å²) < 4.78 is 6.07. The van der Waals surface area contributed by atoms with Crippen molar-refractivity contribution in [3.63, 3.8) is 0 Å². The van der Waals surface area contributed by atoms with E-state index in [-0.39, 0.29) is 12.0 Å². The lowest BCUT2D eigenvalue weighted by atomic mass is 9.64. The van der Waals surface area contributed by atoms with Crippen LogP contribution in [-0.4, -0.2) is 28.5 Å². The smallest absolute Gasteiger partial charge is 0.230 e. The molecule has 1 amide bonds. The fraction of sp³-hybridized carbons (Fsp3) is 0.292. The van der Waals surface area contributed by atoms with Crippen LogP contribution in [0.1, 0.15) is 30.4 Å². The zero-order valence-corrected chi connectivity index (χ0v) is 17.2. The minimum absolute atomic E-state index is 0.0663. The Morgan fingerprint density at radius 3 is 2.70 bits per heavy atom. The van der Waals surface area contributed by atoms with Crippen molar-refractivity contribution in [1.29, 1.82) is 0 Å². The van der Waals surface area contributed by atoms with Crippen LogP contribution >= 0.6 is 11.6 Å². The first kappa shape index (κ1) is 19.1. The molecule has 1 aromatic heterocycles. The van der Waals surface area contributed by atoms with Crippen LogP contribution < -0.4 is 10.1 Å². The van der Waals surface area contributed by atoms with Gasteiger partial charge in [-0.25, -0.2) is 0 Å². The van der Waals surface area contributed by atoms with Crippen LogP contribution in [0.25, 0.3) is 11.3 Å². The van der Waals surface area contributed by atoms with Crippen molar-refractivity contribution in [2.24, 2.45) is 0 Å². The molecule has 1 atom stereocenters. The highest BCUT2D eigenvalue weighted by Gasteiger charge is 2.45. The van der Waals surface area contributed by atoms with Gasteiger partial charge in [-0.05, 0) is 54.3 Å². The largest absolute Gasteiger partial charge is 0.488 e. The number of rotatable bonds is 5. The molecule has 2 aromatic carbocycles. The molecule has 2 heterocycles. The predicted octanol–water partition coefficient (Wildman–Crippen LogP) is 4.34. The van der Waals surface area contributed by atoms with Crippen molar-refractivity contribution in [3.8, 4) is 17.0 Å². The van der Waals surface area contributed by atoms with E-state index in [4.69, 9.17) is 16.3 Å². The van der Waals surface area contributed by atoms with Gasteiger partial charge in [-0.1, -0.05) is 30.2 Å². The number of halogens is 1. The topological polar surface area (TPSA) is 64.1 Å². The van der Waals surface area contributed by atoms with E-state index in [9.17, 15) is 4.79 Å². The first-order valence-corrected chi connectivity index (χ1v) is 10.6. The number of carbonyl (C=O) groups excluding carboxylic acids is 1. The summed E-state index contributed by atoms with van der Waals surface area (Å²) in [6.45, 7) is 0.489. The van der Waals surface area contributed by atoms with E-state index in [0.717, 1.165) is 53.8 Å². The number of carbonyl (C=O) groups is 1. The first-order chi connectivity index (χ1) is 14.6. The van der Waals surface area contributed by atoms with E-state index >= 15 is 0 Å². The van der Waals surface area contributed by atoms with Crippen LogP contribution in [0.3, 0.4) is 0 Å². The Balaban J connectivity index is 1.24. The van der Waals surface area contributed by atoms with Crippen molar-refractivity contribution in [2.75, 3.05) is 6.54 Å². The van der Waals surface area contributed by atoms with Crippen molar-refractivity contribution < 1.29 is 9.53 Å². The van der Waals surface area contributed by atoms with Gasteiger partial charge in [-0.3, -0.25) is 14.8 Å². The number of fused-ring (bicyclic) bond motifs is 1. The molecule has 5 nitrogen and oxygen atoms in total. The highest BCUT2D eigenvalue weighted by Crippen LogP contribution is 2.44. The SMILES string of the molecule is O=C(NC[C@H]1Cc2cc(-c3cnccn3)ccc2O1)C1(c2ccc(Cl)cc2)CCC1. The molecule has 6 heteroatoms. The Morgan fingerprint density at radius 2 is 2.00 bits per heavy atom. The van der Waals surface area contributed by atoms with Gasteiger partial charge < -0.3 is 10.1 Å². The maximum atomic E-state index is 13.1. The number of nitrogens with one attached hydrogen (secondary N) is 1. The van der Waals surface area contributed by atoms with Gasteiger partial charge in [0.15, 0.2) is 0 Å². The second-order valence-corrected chi connectivity index (χ2v) is 8.45. The van der Waals surface area contributed by atoms with Crippen LogP contribution in [0.15, 0.2) is 61.1 Å². The number of nitrogens with zero attached hydrogens (tertiary/aromatic N) is 2. The molecule has 3 aromatic rings. The molecular formula is C24H22ClN3O2. The molecule has 0 saturated heterocycles. The van der Waals surface area contributed by atoms with E-state index in [1.165, 1.54) is 0 Å². The van der Waals surface area contributed by atoms with Gasteiger partial charge in [-0.2, -0.15) is 0 Å². The average molecular weight is 420 g/mol.